The zero-order valence-electron chi connectivity index (χ0n) is 11.2. The number of furan rings is 1. The van der Waals surface area contributed by atoms with E-state index in [1.807, 2.05) is 18.2 Å². The molecule has 0 saturated heterocycles. The van der Waals surface area contributed by atoms with E-state index in [0.29, 0.717) is 29.6 Å². The molecule has 0 saturated carbocycles. The van der Waals surface area contributed by atoms with Gasteiger partial charge in [-0.3, -0.25) is 0 Å². The molecular formula is C14H17NO4. The van der Waals surface area contributed by atoms with Gasteiger partial charge in [0.05, 0.1) is 34.1 Å². The third-order valence-electron chi connectivity index (χ3n) is 2.93. The Morgan fingerprint density at radius 2 is 1.68 bits per heavy atom. The summed E-state index contributed by atoms with van der Waals surface area (Å²) in [5.41, 5.74) is 7.41. The fraction of sp³-hybridized carbons (Fsp3) is 0.286. The van der Waals surface area contributed by atoms with Crippen LogP contribution in [0.25, 0.3) is 11.1 Å². The third kappa shape index (κ3) is 2.24. The Bertz CT molecular complexity index is 563. The van der Waals surface area contributed by atoms with Crippen molar-refractivity contribution in [2.75, 3.05) is 21.3 Å². The van der Waals surface area contributed by atoms with E-state index >= 15 is 0 Å². The first-order valence-corrected chi connectivity index (χ1v) is 5.82. The van der Waals surface area contributed by atoms with Crippen molar-refractivity contribution in [3.05, 3.63) is 30.2 Å². The number of benzene rings is 1. The van der Waals surface area contributed by atoms with Crippen LogP contribution in [-0.4, -0.2) is 21.3 Å². The van der Waals surface area contributed by atoms with Gasteiger partial charge in [-0.25, -0.2) is 0 Å². The molecule has 19 heavy (non-hydrogen) atoms. The van der Waals surface area contributed by atoms with E-state index in [-0.39, 0.29) is 0 Å². The van der Waals surface area contributed by atoms with Crippen molar-refractivity contribution >= 4 is 0 Å². The average Bonchev–Trinajstić information content (AvgIpc) is 2.93. The SMILES string of the molecule is COc1ccc(-c2ccoc2CN)c(OC)c1OC. The number of ether oxygens (including phenoxy) is 3. The van der Waals surface area contributed by atoms with Crippen molar-refractivity contribution in [1.29, 1.82) is 0 Å². The van der Waals surface area contributed by atoms with Gasteiger partial charge in [0.15, 0.2) is 11.5 Å². The highest BCUT2D eigenvalue weighted by Crippen LogP contribution is 2.45. The molecule has 0 atom stereocenters. The van der Waals surface area contributed by atoms with Crippen LogP contribution in [0.15, 0.2) is 28.9 Å². The quantitative estimate of drug-likeness (QED) is 0.897. The molecule has 0 aliphatic rings. The maximum Gasteiger partial charge on any atom is 0.203 e. The fourth-order valence-corrected chi connectivity index (χ4v) is 2.05. The van der Waals surface area contributed by atoms with Crippen LogP contribution >= 0.6 is 0 Å². The van der Waals surface area contributed by atoms with E-state index in [0.717, 1.165) is 11.1 Å². The molecule has 0 bridgehead atoms. The van der Waals surface area contributed by atoms with Crippen molar-refractivity contribution in [3.63, 3.8) is 0 Å². The van der Waals surface area contributed by atoms with E-state index in [4.69, 9.17) is 24.4 Å². The lowest BCUT2D eigenvalue weighted by molar-refractivity contribution is 0.325. The number of rotatable bonds is 5. The Morgan fingerprint density at radius 1 is 0.947 bits per heavy atom. The molecular weight excluding hydrogens is 246 g/mol. The van der Waals surface area contributed by atoms with Gasteiger partial charge in [0.2, 0.25) is 5.75 Å². The van der Waals surface area contributed by atoms with Crippen LogP contribution in [0.3, 0.4) is 0 Å². The maximum atomic E-state index is 5.66. The second-order valence-electron chi connectivity index (χ2n) is 3.84. The minimum absolute atomic E-state index is 0.319. The zero-order chi connectivity index (χ0) is 13.8. The van der Waals surface area contributed by atoms with E-state index in [9.17, 15) is 0 Å². The number of nitrogens with two attached hydrogens (primary N) is 1. The molecule has 102 valence electrons. The summed E-state index contributed by atoms with van der Waals surface area (Å²) < 4.78 is 21.4. The molecule has 2 N–H and O–H groups in total. The third-order valence-corrected chi connectivity index (χ3v) is 2.93. The summed E-state index contributed by atoms with van der Waals surface area (Å²) in [6.45, 7) is 0.319. The Morgan fingerprint density at radius 3 is 2.26 bits per heavy atom. The molecule has 0 fully saturated rings. The summed E-state index contributed by atoms with van der Waals surface area (Å²) >= 11 is 0. The van der Waals surface area contributed by atoms with E-state index in [1.54, 1.807) is 27.6 Å². The highest BCUT2D eigenvalue weighted by molar-refractivity contribution is 5.77. The smallest absolute Gasteiger partial charge is 0.203 e. The zero-order valence-corrected chi connectivity index (χ0v) is 11.2. The predicted molar refractivity (Wildman–Crippen MR) is 71.7 cm³/mol. The Hall–Kier alpha value is -2.14. The van der Waals surface area contributed by atoms with Gasteiger partial charge < -0.3 is 24.4 Å². The van der Waals surface area contributed by atoms with Crippen LogP contribution in [0.1, 0.15) is 5.76 Å². The highest BCUT2D eigenvalue weighted by atomic mass is 16.5. The van der Waals surface area contributed by atoms with Gasteiger partial charge in [-0.2, -0.15) is 0 Å². The summed E-state index contributed by atoms with van der Waals surface area (Å²) in [6.07, 6.45) is 1.60. The molecule has 0 amide bonds. The van der Waals surface area contributed by atoms with Crippen molar-refractivity contribution < 1.29 is 18.6 Å². The fourth-order valence-electron chi connectivity index (χ4n) is 2.05. The van der Waals surface area contributed by atoms with E-state index in [2.05, 4.69) is 0 Å². The molecule has 1 heterocycles. The van der Waals surface area contributed by atoms with E-state index < -0.39 is 0 Å². The monoisotopic (exact) mass is 263 g/mol. The topological polar surface area (TPSA) is 66.9 Å². The maximum absolute atomic E-state index is 5.66. The molecule has 2 aromatic rings. The minimum atomic E-state index is 0.319. The van der Waals surface area contributed by atoms with Crippen LogP contribution in [-0.2, 0) is 6.54 Å². The highest BCUT2D eigenvalue weighted by Gasteiger charge is 2.19. The van der Waals surface area contributed by atoms with Gasteiger partial charge in [0, 0.05) is 11.1 Å². The lowest BCUT2D eigenvalue weighted by Crippen LogP contribution is -1.99. The molecule has 5 nitrogen and oxygen atoms in total. The average molecular weight is 263 g/mol. The Labute approximate surface area is 111 Å². The second kappa shape index (κ2) is 5.67. The normalized spacial score (nSPS) is 10.3. The summed E-state index contributed by atoms with van der Waals surface area (Å²) in [6, 6.07) is 5.57. The molecule has 1 aromatic carbocycles. The number of hydrogen-bond acceptors (Lipinski definition) is 5. The van der Waals surface area contributed by atoms with Crippen molar-refractivity contribution in [2.45, 2.75) is 6.54 Å². The largest absolute Gasteiger partial charge is 0.493 e. The van der Waals surface area contributed by atoms with Gasteiger partial charge in [-0.05, 0) is 18.2 Å². The van der Waals surface area contributed by atoms with Gasteiger partial charge in [-0.1, -0.05) is 0 Å². The summed E-state index contributed by atoms with van der Waals surface area (Å²) in [5, 5.41) is 0. The lowest BCUT2D eigenvalue weighted by Gasteiger charge is -2.15. The van der Waals surface area contributed by atoms with Crippen LogP contribution < -0.4 is 19.9 Å². The molecule has 0 aliphatic heterocycles. The van der Waals surface area contributed by atoms with Crippen LogP contribution in [0, 0.1) is 0 Å². The first-order chi connectivity index (χ1) is 9.26. The first kappa shape index (κ1) is 13.3. The van der Waals surface area contributed by atoms with Gasteiger partial charge >= 0.3 is 0 Å². The predicted octanol–water partition coefficient (Wildman–Crippen LogP) is 2.43. The molecule has 1 aromatic heterocycles. The number of methoxy groups -OCH3 is 3. The van der Waals surface area contributed by atoms with Crippen molar-refractivity contribution in [2.24, 2.45) is 5.73 Å². The second-order valence-corrected chi connectivity index (χ2v) is 3.84. The van der Waals surface area contributed by atoms with Crippen LogP contribution in [0.5, 0.6) is 17.2 Å². The molecule has 0 unspecified atom stereocenters. The molecule has 0 spiro atoms. The standard InChI is InChI=1S/C14H17NO4/c1-16-11-5-4-10(13(17-2)14(11)18-3)9-6-7-19-12(9)8-15/h4-7H,8,15H2,1-3H3. The molecule has 0 aliphatic carbocycles. The van der Waals surface area contributed by atoms with E-state index in [1.165, 1.54) is 0 Å². The summed E-state index contributed by atoms with van der Waals surface area (Å²) in [7, 11) is 4.74. The lowest BCUT2D eigenvalue weighted by atomic mass is 10.0. The van der Waals surface area contributed by atoms with Crippen molar-refractivity contribution in [1.82, 2.24) is 0 Å². The molecule has 5 heteroatoms. The minimum Gasteiger partial charge on any atom is -0.493 e. The Balaban J connectivity index is 2.64. The number of hydrogen-bond donors (Lipinski definition) is 1. The van der Waals surface area contributed by atoms with Crippen molar-refractivity contribution in [3.8, 4) is 28.4 Å². The van der Waals surface area contributed by atoms with Crippen LogP contribution in [0.2, 0.25) is 0 Å². The van der Waals surface area contributed by atoms with Gasteiger partial charge in [-0.15, -0.1) is 0 Å². The molecule has 2 rings (SSSR count). The van der Waals surface area contributed by atoms with Gasteiger partial charge in [0.1, 0.15) is 5.76 Å². The summed E-state index contributed by atoms with van der Waals surface area (Å²) in [4.78, 5) is 0. The first-order valence-electron chi connectivity index (χ1n) is 5.82. The summed E-state index contributed by atoms with van der Waals surface area (Å²) in [5.74, 6) is 2.45. The Kier molecular flexibility index (Phi) is 3.97. The van der Waals surface area contributed by atoms with Gasteiger partial charge in [0.25, 0.3) is 0 Å². The van der Waals surface area contributed by atoms with Crippen LogP contribution in [0.4, 0.5) is 0 Å². The molecule has 0 radical (unpaired) electrons.